The molecule has 8 heteroatoms. The summed E-state index contributed by atoms with van der Waals surface area (Å²) >= 11 is 0. The van der Waals surface area contributed by atoms with E-state index in [4.69, 9.17) is 0 Å². The molecule has 0 atom stereocenters. The van der Waals surface area contributed by atoms with Crippen LogP contribution in [0.2, 0.25) is 0 Å². The van der Waals surface area contributed by atoms with Gasteiger partial charge in [0, 0.05) is 19.1 Å². The first-order valence-corrected chi connectivity index (χ1v) is 8.30. The normalized spacial score (nSPS) is 14.8. The third kappa shape index (κ3) is 2.79. The third-order valence-corrected chi connectivity index (χ3v) is 4.20. The van der Waals surface area contributed by atoms with Gasteiger partial charge in [0.25, 0.3) is 0 Å². The Kier molecular flexibility index (Phi) is 3.79. The first-order valence-electron chi connectivity index (χ1n) is 8.30. The summed E-state index contributed by atoms with van der Waals surface area (Å²) in [4.78, 5) is 22.8. The van der Waals surface area contributed by atoms with E-state index in [1.54, 1.807) is 4.68 Å². The van der Waals surface area contributed by atoms with Gasteiger partial charge < -0.3 is 10.2 Å². The first kappa shape index (κ1) is 15.5. The summed E-state index contributed by atoms with van der Waals surface area (Å²) in [6.45, 7) is 5.18. The van der Waals surface area contributed by atoms with Crippen LogP contribution in [0.4, 0.5) is 5.82 Å². The van der Waals surface area contributed by atoms with Crippen LogP contribution in [0.25, 0.3) is 16.9 Å². The Labute approximate surface area is 144 Å². The lowest BCUT2D eigenvalue weighted by molar-refractivity contribution is -0.126. The lowest BCUT2D eigenvalue weighted by atomic mass is 9.99. The van der Waals surface area contributed by atoms with Crippen LogP contribution in [0.3, 0.4) is 0 Å². The van der Waals surface area contributed by atoms with Crippen LogP contribution in [0.5, 0.6) is 0 Å². The van der Waals surface area contributed by atoms with Gasteiger partial charge in [-0.25, -0.2) is 9.97 Å². The summed E-state index contributed by atoms with van der Waals surface area (Å²) in [6, 6.07) is 9.89. The Balaban J connectivity index is 1.59. The van der Waals surface area contributed by atoms with Crippen molar-refractivity contribution in [1.82, 2.24) is 30.3 Å². The molecule has 128 valence electrons. The summed E-state index contributed by atoms with van der Waals surface area (Å²) in [5.41, 5.74) is 2.20. The molecule has 4 rings (SSSR count). The highest BCUT2D eigenvalue weighted by molar-refractivity contribution is 5.87. The van der Waals surface area contributed by atoms with Gasteiger partial charge in [0.1, 0.15) is 6.33 Å². The van der Waals surface area contributed by atoms with Gasteiger partial charge in [-0.2, -0.15) is 4.68 Å². The number of nitrogens with one attached hydrogen (secondary N) is 1. The minimum atomic E-state index is -0.0171. The van der Waals surface area contributed by atoms with Gasteiger partial charge in [-0.3, -0.25) is 4.79 Å². The second-order valence-corrected chi connectivity index (χ2v) is 6.47. The molecule has 0 unspecified atom stereocenters. The van der Waals surface area contributed by atoms with Crippen LogP contribution in [-0.4, -0.2) is 50.0 Å². The molecule has 0 aliphatic carbocycles. The van der Waals surface area contributed by atoms with Gasteiger partial charge in [0.2, 0.25) is 5.91 Å². The highest BCUT2D eigenvalue weighted by atomic mass is 16.2. The van der Waals surface area contributed by atoms with Gasteiger partial charge >= 0.3 is 0 Å². The quantitative estimate of drug-likeness (QED) is 0.769. The maximum absolute atomic E-state index is 12.1. The van der Waals surface area contributed by atoms with E-state index in [0.717, 1.165) is 11.5 Å². The molecule has 2 aromatic heterocycles. The van der Waals surface area contributed by atoms with Crippen LogP contribution in [-0.2, 0) is 4.79 Å². The Morgan fingerprint density at radius 1 is 1.20 bits per heavy atom. The van der Waals surface area contributed by atoms with E-state index in [1.165, 1.54) is 6.33 Å². The fourth-order valence-corrected chi connectivity index (χ4v) is 2.93. The van der Waals surface area contributed by atoms with Crippen LogP contribution in [0, 0.1) is 5.92 Å². The molecule has 1 aliphatic heterocycles. The number of nitrogens with zero attached hydrogens (tertiary/aromatic N) is 6. The molecule has 1 aromatic carbocycles. The molecule has 0 radical (unpaired) electrons. The van der Waals surface area contributed by atoms with E-state index in [-0.39, 0.29) is 17.9 Å². The Bertz CT molecular complexity index is 900. The molecule has 8 nitrogen and oxygen atoms in total. The van der Waals surface area contributed by atoms with Crippen molar-refractivity contribution in [2.24, 2.45) is 5.92 Å². The smallest absolute Gasteiger partial charge is 0.226 e. The van der Waals surface area contributed by atoms with Crippen molar-refractivity contribution >= 4 is 22.9 Å². The molecule has 1 amide bonds. The van der Waals surface area contributed by atoms with Crippen molar-refractivity contribution in [3.05, 3.63) is 36.7 Å². The Morgan fingerprint density at radius 3 is 2.68 bits per heavy atom. The van der Waals surface area contributed by atoms with E-state index < -0.39 is 0 Å². The predicted octanol–water partition coefficient (Wildman–Crippen LogP) is 1.17. The maximum atomic E-state index is 12.1. The third-order valence-electron chi connectivity index (χ3n) is 4.20. The van der Waals surface area contributed by atoms with Crippen molar-refractivity contribution in [3.8, 4) is 5.69 Å². The molecular formula is C17H19N7O. The van der Waals surface area contributed by atoms with Gasteiger partial charge in [-0.15, -0.1) is 5.10 Å². The monoisotopic (exact) mass is 337 g/mol. The van der Waals surface area contributed by atoms with Gasteiger partial charge in [0.15, 0.2) is 17.0 Å². The molecule has 3 aromatic rings. The number of benzene rings is 1. The zero-order chi connectivity index (χ0) is 17.4. The van der Waals surface area contributed by atoms with Crippen molar-refractivity contribution in [2.75, 3.05) is 18.0 Å². The molecule has 0 saturated carbocycles. The molecule has 1 aliphatic rings. The summed E-state index contributed by atoms with van der Waals surface area (Å²) in [7, 11) is 0. The number of hydrogen-bond donors (Lipinski definition) is 1. The molecule has 1 fully saturated rings. The van der Waals surface area contributed by atoms with Gasteiger partial charge in [-0.05, 0) is 26.0 Å². The number of amides is 1. The second kappa shape index (κ2) is 6.12. The van der Waals surface area contributed by atoms with Crippen LogP contribution in [0.1, 0.15) is 13.8 Å². The lowest BCUT2D eigenvalue weighted by Crippen LogP contribution is -2.55. The number of rotatable bonds is 4. The van der Waals surface area contributed by atoms with Crippen molar-refractivity contribution in [2.45, 2.75) is 19.9 Å². The van der Waals surface area contributed by atoms with Crippen LogP contribution < -0.4 is 10.2 Å². The van der Waals surface area contributed by atoms with Crippen molar-refractivity contribution < 1.29 is 4.79 Å². The largest absolute Gasteiger partial charge is 0.354 e. The lowest BCUT2D eigenvalue weighted by Gasteiger charge is -2.39. The fraction of sp³-hybridized carbons (Fsp3) is 0.353. The number of anilines is 1. The Morgan fingerprint density at radius 2 is 1.96 bits per heavy atom. The number of para-hydroxylation sites is 1. The first-order chi connectivity index (χ1) is 12.1. The summed E-state index contributed by atoms with van der Waals surface area (Å²) in [5, 5.41) is 11.4. The highest BCUT2D eigenvalue weighted by Crippen LogP contribution is 2.28. The number of carbonyl (C=O) groups excluding carboxylic acids is 1. The van der Waals surface area contributed by atoms with E-state index in [2.05, 4.69) is 25.6 Å². The number of carbonyl (C=O) groups is 1. The SMILES string of the molecule is CC(C)NC(=O)C1CN(c2ncnc3c2nnn3-c2ccccc2)C1. The average Bonchev–Trinajstić information content (AvgIpc) is 2.98. The van der Waals surface area contributed by atoms with Gasteiger partial charge in [0.05, 0.1) is 11.6 Å². The van der Waals surface area contributed by atoms with Crippen molar-refractivity contribution in [3.63, 3.8) is 0 Å². The predicted molar refractivity (Wildman–Crippen MR) is 93.4 cm³/mol. The summed E-state index contributed by atoms with van der Waals surface area (Å²) in [5.74, 6) is 0.793. The van der Waals surface area contributed by atoms with Crippen molar-refractivity contribution in [1.29, 1.82) is 0 Å². The topological polar surface area (TPSA) is 88.8 Å². The minimum absolute atomic E-state index is 0.0171. The van der Waals surface area contributed by atoms with Gasteiger partial charge in [-0.1, -0.05) is 23.4 Å². The fourth-order valence-electron chi connectivity index (χ4n) is 2.93. The zero-order valence-electron chi connectivity index (χ0n) is 14.1. The molecule has 0 bridgehead atoms. The van der Waals surface area contributed by atoms with E-state index in [0.29, 0.717) is 24.3 Å². The highest BCUT2D eigenvalue weighted by Gasteiger charge is 2.35. The standard InChI is InChI=1S/C17H19N7O/c1-11(2)20-17(25)12-8-23(9-12)15-14-16(19-10-18-15)24(22-21-14)13-6-4-3-5-7-13/h3-7,10-12H,8-9H2,1-2H3,(H,20,25). The van der Waals surface area contributed by atoms with Crippen LogP contribution >= 0.6 is 0 Å². The van der Waals surface area contributed by atoms with E-state index in [9.17, 15) is 4.79 Å². The molecule has 1 saturated heterocycles. The molecule has 25 heavy (non-hydrogen) atoms. The number of hydrogen-bond acceptors (Lipinski definition) is 6. The molecule has 0 spiro atoms. The second-order valence-electron chi connectivity index (χ2n) is 6.47. The molecular weight excluding hydrogens is 318 g/mol. The minimum Gasteiger partial charge on any atom is -0.354 e. The summed E-state index contributed by atoms with van der Waals surface area (Å²) < 4.78 is 1.70. The summed E-state index contributed by atoms with van der Waals surface area (Å²) in [6.07, 6.45) is 1.52. The van der Waals surface area contributed by atoms with E-state index >= 15 is 0 Å². The maximum Gasteiger partial charge on any atom is 0.226 e. The van der Waals surface area contributed by atoms with E-state index in [1.807, 2.05) is 49.1 Å². The van der Waals surface area contributed by atoms with Crippen LogP contribution in [0.15, 0.2) is 36.7 Å². The molecule has 1 N–H and O–H groups in total. The number of aromatic nitrogens is 5. The Hall–Kier alpha value is -3.03. The number of fused-ring (bicyclic) bond motifs is 1. The molecule has 3 heterocycles. The average molecular weight is 337 g/mol. The zero-order valence-corrected chi connectivity index (χ0v) is 14.1.